The largest absolute Gasteiger partial charge is 0.481 e. The highest BCUT2D eigenvalue weighted by Gasteiger charge is 2.18. The molecule has 2 N–H and O–H groups in total. The first-order valence-electron chi connectivity index (χ1n) is 4.88. The third kappa shape index (κ3) is 6.86. The first kappa shape index (κ1) is 13.4. The molecule has 0 unspecified atom stereocenters. The molecule has 0 aliphatic carbocycles. The van der Waals surface area contributed by atoms with Crippen LogP contribution in [-0.4, -0.2) is 29.6 Å². The molecule has 2 atom stereocenters. The van der Waals surface area contributed by atoms with E-state index in [2.05, 4.69) is 0 Å². The Morgan fingerprint density at radius 2 is 1.93 bits per heavy atom. The third-order valence-electron chi connectivity index (χ3n) is 2.08. The van der Waals surface area contributed by atoms with E-state index in [4.69, 9.17) is 9.84 Å². The Morgan fingerprint density at radius 1 is 1.36 bits per heavy atom. The molecule has 0 saturated carbocycles. The van der Waals surface area contributed by atoms with E-state index in [1.54, 1.807) is 0 Å². The second kappa shape index (κ2) is 6.79. The summed E-state index contributed by atoms with van der Waals surface area (Å²) in [6.45, 7) is 4.07. The van der Waals surface area contributed by atoms with E-state index in [1.807, 2.05) is 13.8 Å². The maximum atomic E-state index is 10.5. The summed E-state index contributed by atoms with van der Waals surface area (Å²) < 4.78 is 4.71. The van der Waals surface area contributed by atoms with Gasteiger partial charge < -0.3 is 14.9 Å². The summed E-state index contributed by atoms with van der Waals surface area (Å²) in [5, 5.41) is 17.9. The average molecular weight is 204 g/mol. The molecular weight excluding hydrogens is 184 g/mol. The maximum absolute atomic E-state index is 10.5. The number of aliphatic hydroxyl groups is 1. The number of carboxylic acid groups (broad SMARTS) is 1. The number of rotatable bonds is 7. The highest BCUT2D eigenvalue weighted by atomic mass is 16.6. The highest BCUT2D eigenvalue weighted by Crippen LogP contribution is 2.20. The monoisotopic (exact) mass is 204 g/mol. The molecule has 0 aromatic heterocycles. The van der Waals surface area contributed by atoms with Crippen LogP contribution in [0.1, 0.15) is 33.1 Å². The molecule has 0 bridgehead atoms. The van der Waals surface area contributed by atoms with Crippen LogP contribution in [0.25, 0.3) is 0 Å². The summed E-state index contributed by atoms with van der Waals surface area (Å²) in [5.74, 6) is -0.398. The van der Waals surface area contributed by atoms with Crippen LogP contribution in [0.4, 0.5) is 0 Å². The van der Waals surface area contributed by atoms with E-state index >= 15 is 0 Å². The minimum absolute atomic E-state index is 0.0116. The lowest BCUT2D eigenvalue weighted by atomic mass is 9.91. The standard InChI is InChI=1S/C10H20O4/c1-7(2)4-8(5-9(11)12)6-10(13)14-3/h7-8,10,13H,4-6H2,1-3H3,(H,11,12)/t8-,10+/m1/s1. The Hall–Kier alpha value is -0.610. The number of hydrogen-bond acceptors (Lipinski definition) is 3. The summed E-state index contributed by atoms with van der Waals surface area (Å²) in [6.07, 6.45) is 0.435. The van der Waals surface area contributed by atoms with Crippen LogP contribution in [0, 0.1) is 11.8 Å². The number of hydrogen-bond donors (Lipinski definition) is 2. The maximum Gasteiger partial charge on any atom is 0.303 e. The quantitative estimate of drug-likeness (QED) is 0.616. The van der Waals surface area contributed by atoms with Gasteiger partial charge >= 0.3 is 5.97 Å². The summed E-state index contributed by atoms with van der Waals surface area (Å²) >= 11 is 0. The van der Waals surface area contributed by atoms with Gasteiger partial charge in [-0.05, 0) is 18.3 Å². The van der Waals surface area contributed by atoms with Crippen molar-refractivity contribution >= 4 is 5.97 Å². The lowest BCUT2D eigenvalue weighted by Gasteiger charge is -2.19. The molecule has 0 rings (SSSR count). The van der Waals surface area contributed by atoms with Gasteiger partial charge in [-0.15, -0.1) is 0 Å². The summed E-state index contributed by atoms with van der Waals surface area (Å²) in [5.41, 5.74) is 0. The van der Waals surface area contributed by atoms with Crippen molar-refractivity contribution in [3.8, 4) is 0 Å². The molecular formula is C10H20O4. The average Bonchev–Trinajstić information content (AvgIpc) is 2.01. The van der Waals surface area contributed by atoms with E-state index in [9.17, 15) is 9.90 Å². The van der Waals surface area contributed by atoms with Crippen molar-refractivity contribution in [2.75, 3.05) is 7.11 Å². The minimum atomic E-state index is -0.849. The SMILES string of the molecule is CO[C@H](O)C[C@@H](CC(=O)O)CC(C)C. The van der Waals surface area contributed by atoms with Gasteiger partial charge in [-0.25, -0.2) is 0 Å². The Balaban J connectivity index is 4.03. The number of methoxy groups -OCH3 is 1. The first-order valence-corrected chi connectivity index (χ1v) is 4.88. The van der Waals surface area contributed by atoms with Gasteiger partial charge in [0.25, 0.3) is 0 Å². The van der Waals surface area contributed by atoms with E-state index in [1.165, 1.54) is 7.11 Å². The fourth-order valence-corrected chi connectivity index (χ4v) is 1.56. The molecule has 0 aromatic rings. The van der Waals surface area contributed by atoms with Crippen LogP contribution in [0.15, 0.2) is 0 Å². The highest BCUT2D eigenvalue weighted by molar-refractivity contribution is 5.66. The van der Waals surface area contributed by atoms with Crippen LogP contribution < -0.4 is 0 Å². The van der Waals surface area contributed by atoms with Crippen molar-refractivity contribution in [1.82, 2.24) is 0 Å². The summed E-state index contributed by atoms with van der Waals surface area (Å²) in [4.78, 5) is 10.5. The first-order chi connectivity index (χ1) is 6.45. The fourth-order valence-electron chi connectivity index (χ4n) is 1.56. The Kier molecular flexibility index (Phi) is 6.49. The molecule has 0 spiro atoms. The molecule has 0 fully saturated rings. The van der Waals surface area contributed by atoms with Crippen molar-refractivity contribution in [3.05, 3.63) is 0 Å². The van der Waals surface area contributed by atoms with Gasteiger partial charge in [0.15, 0.2) is 6.29 Å². The van der Waals surface area contributed by atoms with E-state index in [0.717, 1.165) is 6.42 Å². The Labute approximate surface area is 84.9 Å². The van der Waals surface area contributed by atoms with Crippen LogP contribution >= 0.6 is 0 Å². The van der Waals surface area contributed by atoms with Crippen LogP contribution in [0.3, 0.4) is 0 Å². The normalized spacial score (nSPS) is 15.5. The molecule has 0 aliphatic heterocycles. The number of carbonyl (C=O) groups is 1. The molecule has 0 aromatic carbocycles. The van der Waals surface area contributed by atoms with Crippen molar-refractivity contribution in [2.24, 2.45) is 11.8 Å². The van der Waals surface area contributed by atoms with E-state index in [0.29, 0.717) is 12.3 Å². The van der Waals surface area contributed by atoms with Gasteiger partial charge in [-0.3, -0.25) is 4.79 Å². The van der Waals surface area contributed by atoms with Gasteiger partial charge in [0.2, 0.25) is 0 Å². The van der Waals surface area contributed by atoms with Gasteiger partial charge in [-0.2, -0.15) is 0 Å². The molecule has 0 heterocycles. The van der Waals surface area contributed by atoms with Crippen LogP contribution in [0.2, 0.25) is 0 Å². The van der Waals surface area contributed by atoms with Crippen molar-refractivity contribution in [1.29, 1.82) is 0 Å². The lowest BCUT2D eigenvalue weighted by Crippen LogP contribution is -2.19. The molecule has 0 aliphatic rings. The van der Waals surface area contributed by atoms with Gasteiger partial charge in [0, 0.05) is 20.0 Å². The molecule has 0 radical (unpaired) electrons. The molecule has 4 nitrogen and oxygen atoms in total. The Morgan fingerprint density at radius 3 is 2.29 bits per heavy atom. The van der Waals surface area contributed by atoms with Crippen LogP contribution in [-0.2, 0) is 9.53 Å². The minimum Gasteiger partial charge on any atom is -0.481 e. The third-order valence-corrected chi connectivity index (χ3v) is 2.08. The Bertz CT molecular complexity index is 168. The van der Waals surface area contributed by atoms with Crippen molar-refractivity contribution < 1.29 is 19.7 Å². The van der Waals surface area contributed by atoms with Crippen LogP contribution in [0.5, 0.6) is 0 Å². The van der Waals surface area contributed by atoms with Gasteiger partial charge in [-0.1, -0.05) is 13.8 Å². The number of aliphatic hydroxyl groups excluding tert-OH is 1. The zero-order valence-electron chi connectivity index (χ0n) is 9.06. The van der Waals surface area contributed by atoms with Crippen molar-refractivity contribution in [2.45, 2.75) is 39.4 Å². The molecule has 0 amide bonds. The van der Waals surface area contributed by atoms with E-state index in [-0.39, 0.29) is 12.3 Å². The van der Waals surface area contributed by atoms with Gasteiger partial charge in [0.05, 0.1) is 0 Å². The summed E-state index contributed by atoms with van der Waals surface area (Å²) in [6, 6.07) is 0. The molecule has 84 valence electrons. The van der Waals surface area contributed by atoms with E-state index < -0.39 is 12.3 Å². The zero-order chi connectivity index (χ0) is 11.1. The van der Waals surface area contributed by atoms with Gasteiger partial charge in [0.1, 0.15) is 0 Å². The fraction of sp³-hybridized carbons (Fsp3) is 0.900. The second-order valence-corrected chi connectivity index (χ2v) is 4.02. The number of aliphatic carboxylic acids is 1. The smallest absolute Gasteiger partial charge is 0.303 e. The van der Waals surface area contributed by atoms with Crippen molar-refractivity contribution in [3.63, 3.8) is 0 Å². The number of ether oxygens (including phenoxy) is 1. The predicted octanol–water partition coefficient (Wildman–Crippen LogP) is 1.48. The topological polar surface area (TPSA) is 66.8 Å². The predicted molar refractivity (Wildman–Crippen MR) is 52.8 cm³/mol. The molecule has 4 heteroatoms. The summed E-state index contributed by atoms with van der Waals surface area (Å²) in [7, 11) is 1.41. The number of carboxylic acids is 1. The lowest BCUT2D eigenvalue weighted by molar-refractivity contribution is -0.139. The second-order valence-electron chi connectivity index (χ2n) is 4.02. The zero-order valence-corrected chi connectivity index (χ0v) is 9.06. The molecule has 14 heavy (non-hydrogen) atoms. The molecule has 0 saturated heterocycles.